The second-order valence-corrected chi connectivity index (χ2v) is 7.51. The van der Waals surface area contributed by atoms with Crippen molar-refractivity contribution in [3.05, 3.63) is 29.6 Å². The Morgan fingerprint density at radius 2 is 2.15 bits per heavy atom. The van der Waals surface area contributed by atoms with Gasteiger partial charge in [-0.25, -0.2) is 12.8 Å². The number of hydrogen-bond acceptors (Lipinski definition) is 3. The third kappa shape index (κ3) is 3.21. The van der Waals surface area contributed by atoms with Gasteiger partial charge in [-0.2, -0.15) is 4.31 Å². The molecule has 2 atom stereocenters. The molecular weight excluding hydrogens is 349 g/mol. The first-order chi connectivity index (χ1) is 9.34. The zero-order valence-corrected chi connectivity index (χ0v) is 13.7. The summed E-state index contributed by atoms with van der Waals surface area (Å²) >= 11 is 3.31. The van der Waals surface area contributed by atoms with Crippen LogP contribution in [0.15, 0.2) is 23.1 Å². The van der Waals surface area contributed by atoms with Crippen LogP contribution in [0.5, 0.6) is 0 Å². The fraction of sp³-hybridized carbons (Fsp3) is 0.538. The van der Waals surface area contributed by atoms with Crippen LogP contribution in [0.2, 0.25) is 0 Å². The average Bonchev–Trinajstić information content (AvgIpc) is 2.40. The SMILES string of the molecule is Cc1ccc(F)cc1S(=O)(=O)N1CC(C)OC(CBr)C1. The van der Waals surface area contributed by atoms with Gasteiger partial charge >= 0.3 is 0 Å². The number of ether oxygens (including phenoxy) is 1. The molecule has 20 heavy (non-hydrogen) atoms. The first kappa shape index (κ1) is 15.9. The lowest BCUT2D eigenvalue weighted by Crippen LogP contribution is -2.49. The van der Waals surface area contributed by atoms with Crippen molar-refractivity contribution < 1.29 is 17.5 Å². The molecule has 0 saturated carbocycles. The first-order valence-electron chi connectivity index (χ1n) is 6.32. The van der Waals surface area contributed by atoms with Crippen molar-refractivity contribution in [2.24, 2.45) is 0 Å². The van der Waals surface area contributed by atoms with Gasteiger partial charge in [0.25, 0.3) is 0 Å². The number of benzene rings is 1. The van der Waals surface area contributed by atoms with Gasteiger partial charge in [-0.05, 0) is 31.5 Å². The van der Waals surface area contributed by atoms with Crippen LogP contribution in [0.3, 0.4) is 0 Å². The average molecular weight is 366 g/mol. The number of sulfonamides is 1. The molecule has 4 nitrogen and oxygen atoms in total. The van der Waals surface area contributed by atoms with Gasteiger partial charge < -0.3 is 4.74 Å². The van der Waals surface area contributed by atoms with E-state index in [-0.39, 0.29) is 30.2 Å². The minimum Gasteiger partial charge on any atom is -0.372 e. The quantitative estimate of drug-likeness (QED) is 0.772. The highest BCUT2D eigenvalue weighted by Crippen LogP contribution is 2.24. The highest BCUT2D eigenvalue weighted by atomic mass is 79.9. The first-order valence-corrected chi connectivity index (χ1v) is 8.88. The van der Waals surface area contributed by atoms with Crippen molar-refractivity contribution >= 4 is 26.0 Å². The Labute approximate surface area is 127 Å². The van der Waals surface area contributed by atoms with E-state index in [1.165, 1.54) is 16.4 Å². The highest BCUT2D eigenvalue weighted by Gasteiger charge is 2.34. The molecule has 7 heteroatoms. The fourth-order valence-corrected chi connectivity index (χ4v) is 4.42. The van der Waals surface area contributed by atoms with E-state index in [9.17, 15) is 12.8 Å². The van der Waals surface area contributed by atoms with E-state index in [4.69, 9.17) is 4.74 Å². The summed E-state index contributed by atoms with van der Waals surface area (Å²) in [5.41, 5.74) is 0.543. The maximum absolute atomic E-state index is 13.3. The second-order valence-electron chi connectivity index (χ2n) is 4.95. The minimum atomic E-state index is -3.70. The number of nitrogens with zero attached hydrogens (tertiary/aromatic N) is 1. The zero-order valence-electron chi connectivity index (χ0n) is 11.3. The topological polar surface area (TPSA) is 46.6 Å². The normalized spacial score (nSPS) is 24.8. The summed E-state index contributed by atoms with van der Waals surface area (Å²) in [5.74, 6) is -0.549. The molecule has 1 aliphatic rings. The fourth-order valence-electron chi connectivity index (χ4n) is 2.28. The summed E-state index contributed by atoms with van der Waals surface area (Å²) in [6.45, 7) is 4.05. The molecule has 0 amide bonds. The van der Waals surface area contributed by atoms with Gasteiger partial charge in [0.2, 0.25) is 10.0 Å². The van der Waals surface area contributed by atoms with Gasteiger partial charge in [-0.3, -0.25) is 0 Å². The van der Waals surface area contributed by atoms with Crippen LogP contribution in [0.4, 0.5) is 4.39 Å². The van der Waals surface area contributed by atoms with Crippen molar-refractivity contribution in [1.82, 2.24) is 4.31 Å². The van der Waals surface area contributed by atoms with Crippen LogP contribution in [0.25, 0.3) is 0 Å². The molecule has 0 N–H and O–H groups in total. The monoisotopic (exact) mass is 365 g/mol. The van der Waals surface area contributed by atoms with Gasteiger partial charge in [0.1, 0.15) is 5.82 Å². The van der Waals surface area contributed by atoms with Crippen molar-refractivity contribution in [2.45, 2.75) is 31.0 Å². The van der Waals surface area contributed by atoms with Crippen molar-refractivity contribution in [3.63, 3.8) is 0 Å². The summed E-state index contributed by atoms with van der Waals surface area (Å²) in [7, 11) is -3.70. The predicted octanol–water partition coefficient (Wildman–Crippen LogP) is 2.31. The largest absolute Gasteiger partial charge is 0.372 e. The molecular formula is C13H17BrFNO3S. The smallest absolute Gasteiger partial charge is 0.243 e. The van der Waals surface area contributed by atoms with Crippen LogP contribution >= 0.6 is 15.9 Å². The molecule has 1 heterocycles. The summed E-state index contributed by atoms with van der Waals surface area (Å²) in [6.07, 6.45) is -0.377. The van der Waals surface area contributed by atoms with E-state index >= 15 is 0 Å². The minimum absolute atomic E-state index is 0.0277. The zero-order chi connectivity index (χ0) is 14.9. The van der Waals surface area contributed by atoms with Crippen molar-refractivity contribution in [3.8, 4) is 0 Å². The van der Waals surface area contributed by atoms with Gasteiger partial charge in [-0.1, -0.05) is 22.0 Å². The third-order valence-electron chi connectivity index (χ3n) is 3.23. The van der Waals surface area contributed by atoms with E-state index in [1.54, 1.807) is 6.92 Å². The molecule has 112 valence electrons. The van der Waals surface area contributed by atoms with E-state index in [0.29, 0.717) is 10.9 Å². The van der Waals surface area contributed by atoms with E-state index in [1.807, 2.05) is 6.92 Å². The van der Waals surface area contributed by atoms with Crippen LogP contribution in [-0.2, 0) is 14.8 Å². The maximum atomic E-state index is 13.3. The van der Waals surface area contributed by atoms with E-state index in [0.717, 1.165) is 6.07 Å². The van der Waals surface area contributed by atoms with E-state index in [2.05, 4.69) is 15.9 Å². The number of rotatable bonds is 3. The summed E-state index contributed by atoms with van der Waals surface area (Å²) in [4.78, 5) is 0.0277. The van der Waals surface area contributed by atoms with Gasteiger partial charge in [0.15, 0.2) is 0 Å². The lowest BCUT2D eigenvalue weighted by Gasteiger charge is -2.35. The molecule has 1 aromatic carbocycles. The van der Waals surface area contributed by atoms with Crippen molar-refractivity contribution in [1.29, 1.82) is 0 Å². The summed E-state index contributed by atoms with van der Waals surface area (Å²) in [6, 6.07) is 3.82. The Bertz CT molecular complexity index is 593. The lowest BCUT2D eigenvalue weighted by molar-refractivity contribution is -0.0411. The Kier molecular flexibility index (Phi) is 4.84. The Balaban J connectivity index is 2.36. The number of alkyl halides is 1. The molecule has 1 aliphatic heterocycles. The lowest BCUT2D eigenvalue weighted by atomic mass is 10.2. The van der Waals surface area contributed by atoms with Crippen molar-refractivity contribution in [2.75, 3.05) is 18.4 Å². The Morgan fingerprint density at radius 3 is 2.80 bits per heavy atom. The molecule has 0 radical (unpaired) electrons. The molecule has 0 aromatic heterocycles. The van der Waals surface area contributed by atoms with Crippen LogP contribution in [0, 0.1) is 12.7 Å². The Hall–Kier alpha value is -0.500. The highest BCUT2D eigenvalue weighted by molar-refractivity contribution is 9.09. The number of hydrogen-bond donors (Lipinski definition) is 0. The Morgan fingerprint density at radius 1 is 1.45 bits per heavy atom. The molecule has 1 saturated heterocycles. The summed E-state index contributed by atoms with van der Waals surface area (Å²) < 4.78 is 45.7. The number of morpholine rings is 1. The van der Waals surface area contributed by atoms with Crippen LogP contribution < -0.4 is 0 Å². The molecule has 0 spiro atoms. The molecule has 0 bridgehead atoms. The molecule has 1 fully saturated rings. The van der Waals surface area contributed by atoms with Gasteiger partial charge in [0.05, 0.1) is 17.1 Å². The van der Waals surface area contributed by atoms with Gasteiger partial charge in [0, 0.05) is 18.4 Å². The maximum Gasteiger partial charge on any atom is 0.243 e. The summed E-state index contributed by atoms with van der Waals surface area (Å²) in [5, 5.41) is 0.561. The van der Waals surface area contributed by atoms with Crippen LogP contribution in [-0.4, -0.2) is 43.4 Å². The third-order valence-corrected chi connectivity index (χ3v) is 5.93. The standard InChI is InChI=1S/C13H17BrFNO3S/c1-9-3-4-11(15)5-13(9)20(17,18)16-7-10(2)19-12(6-14)8-16/h3-5,10,12H,6-8H2,1-2H3. The molecule has 1 aromatic rings. The van der Waals surface area contributed by atoms with Crippen LogP contribution in [0.1, 0.15) is 12.5 Å². The van der Waals surface area contributed by atoms with Gasteiger partial charge in [-0.15, -0.1) is 0 Å². The number of halogens is 2. The second kappa shape index (κ2) is 6.09. The molecule has 2 unspecified atom stereocenters. The predicted molar refractivity (Wildman–Crippen MR) is 78.0 cm³/mol. The molecule has 2 rings (SSSR count). The number of aryl methyl sites for hydroxylation is 1. The molecule has 0 aliphatic carbocycles. The van der Waals surface area contributed by atoms with E-state index < -0.39 is 15.8 Å².